The molecule has 0 aromatic heterocycles. The molecular weight excluding hydrogens is 466 g/mol. The van der Waals surface area contributed by atoms with Crippen LogP contribution in [0.3, 0.4) is 0 Å². The molecule has 0 aliphatic rings. The monoisotopic (exact) mass is 495 g/mol. The van der Waals surface area contributed by atoms with Crippen molar-refractivity contribution in [2.45, 2.75) is 56.8 Å². The zero-order valence-electron chi connectivity index (χ0n) is 18.9. The molecule has 4 unspecified atom stereocenters. The van der Waals surface area contributed by atoms with Gasteiger partial charge in [0, 0.05) is 12.8 Å². The van der Waals surface area contributed by atoms with Gasteiger partial charge < -0.3 is 42.7 Å². The van der Waals surface area contributed by atoms with Gasteiger partial charge in [-0.05, 0) is 31.0 Å². The van der Waals surface area contributed by atoms with Crippen LogP contribution in [0.5, 0.6) is 5.75 Å². The maximum Gasteiger partial charge on any atom is 0.326 e. The average molecular weight is 495 g/mol. The Morgan fingerprint density at radius 2 is 1.37 bits per heavy atom. The fourth-order valence-corrected chi connectivity index (χ4v) is 2.85. The average Bonchev–Trinajstić information content (AvgIpc) is 2.76. The lowest BCUT2D eigenvalue weighted by Gasteiger charge is -2.24. The van der Waals surface area contributed by atoms with Gasteiger partial charge in [0.25, 0.3) is 0 Å². The molecular formula is C21H29N5O9. The van der Waals surface area contributed by atoms with Crippen molar-refractivity contribution in [1.29, 1.82) is 0 Å². The van der Waals surface area contributed by atoms with Gasteiger partial charge in [-0.3, -0.25) is 24.0 Å². The molecule has 35 heavy (non-hydrogen) atoms. The molecule has 0 radical (unpaired) electrons. The molecule has 0 fully saturated rings. The predicted octanol–water partition coefficient (Wildman–Crippen LogP) is -2.44. The van der Waals surface area contributed by atoms with E-state index in [2.05, 4.69) is 16.0 Å². The van der Waals surface area contributed by atoms with Crippen molar-refractivity contribution in [3.63, 3.8) is 0 Å². The van der Waals surface area contributed by atoms with E-state index in [0.717, 1.165) is 0 Å². The van der Waals surface area contributed by atoms with Gasteiger partial charge in [-0.1, -0.05) is 12.1 Å². The van der Waals surface area contributed by atoms with Gasteiger partial charge in [0.05, 0.1) is 12.5 Å². The largest absolute Gasteiger partial charge is 0.508 e. The van der Waals surface area contributed by atoms with Crippen molar-refractivity contribution in [3.05, 3.63) is 29.8 Å². The first-order chi connectivity index (χ1) is 16.3. The number of phenolic OH excluding ortho intramolecular Hbond substituents is 1. The molecule has 0 aliphatic carbocycles. The number of hydrogen-bond donors (Lipinski definition) is 8. The third-order valence-electron chi connectivity index (χ3n) is 4.73. The SMILES string of the molecule is CC(N)C(=O)NC(CCC(N)=O)C(=O)NC(CC(=O)O)C(=O)NC(Cc1ccc(O)cc1)C(=O)O. The van der Waals surface area contributed by atoms with E-state index in [9.17, 15) is 39.0 Å². The van der Waals surface area contributed by atoms with Crippen LogP contribution >= 0.6 is 0 Å². The number of carbonyl (C=O) groups is 6. The number of benzene rings is 1. The Labute approximate surface area is 200 Å². The van der Waals surface area contributed by atoms with Crippen LogP contribution in [0, 0.1) is 0 Å². The number of aliphatic carboxylic acids is 2. The summed E-state index contributed by atoms with van der Waals surface area (Å²) in [4.78, 5) is 71.4. The van der Waals surface area contributed by atoms with E-state index in [-0.39, 0.29) is 25.0 Å². The van der Waals surface area contributed by atoms with Gasteiger partial charge in [-0.15, -0.1) is 0 Å². The highest BCUT2D eigenvalue weighted by Crippen LogP contribution is 2.12. The fourth-order valence-electron chi connectivity index (χ4n) is 2.85. The summed E-state index contributed by atoms with van der Waals surface area (Å²) in [7, 11) is 0. The molecule has 10 N–H and O–H groups in total. The summed E-state index contributed by atoms with van der Waals surface area (Å²) in [6.45, 7) is 1.35. The molecule has 4 atom stereocenters. The second-order valence-electron chi connectivity index (χ2n) is 7.78. The van der Waals surface area contributed by atoms with Crippen molar-refractivity contribution >= 4 is 35.6 Å². The van der Waals surface area contributed by atoms with Crippen LogP contribution in [0.2, 0.25) is 0 Å². The zero-order chi connectivity index (χ0) is 26.7. The Morgan fingerprint density at radius 1 is 0.857 bits per heavy atom. The number of rotatable bonds is 14. The van der Waals surface area contributed by atoms with Gasteiger partial charge in [0.1, 0.15) is 23.9 Å². The molecule has 192 valence electrons. The first-order valence-electron chi connectivity index (χ1n) is 10.5. The lowest BCUT2D eigenvalue weighted by molar-refractivity contribution is -0.143. The van der Waals surface area contributed by atoms with Crippen LogP contribution in [-0.4, -0.2) is 75.1 Å². The minimum atomic E-state index is -1.70. The Kier molecular flexibility index (Phi) is 11.1. The summed E-state index contributed by atoms with van der Waals surface area (Å²) in [6, 6.07) is -0.0193. The summed E-state index contributed by atoms with van der Waals surface area (Å²) in [5, 5.41) is 34.6. The maximum absolute atomic E-state index is 12.7. The molecule has 14 heteroatoms. The van der Waals surface area contributed by atoms with Crippen LogP contribution in [0.25, 0.3) is 0 Å². The number of aromatic hydroxyl groups is 1. The maximum atomic E-state index is 12.7. The van der Waals surface area contributed by atoms with E-state index in [1.165, 1.54) is 31.2 Å². The summed E-state index contributed by atoms with van der Waals surface area (Å²) in [5.74, 6) is -6.54. The van der Waals surface area contributed by atoms with E-state index in [1.54, 1.807) is 0 Å². The highest BCUT2D eigenvalue weighted by Gasteiger charge is 2.31. The van der Waals surface area contributed by atoms with Crippen molar-refractivity contribution in [2.75, 3.05) is 0 Å². The van der Waals surface area contributed by atoms with Crippen LogP contribution in [0.4, 0.5) is 0 Å². The number of amides is 4. The molecule has 0 heterocycles. The standard InChI is InChI=1S/C21H29N5O9/c1-10(22)18(31)24-13(6-7-16(23)28)19(32)25-14(9-17(29)30)20(33)26-15(21(34)35)8-11-2-4-12(27)5-3-11/h2-5,10,13-15,27H,6-9,22H2,1H3,(H2,23,28)(H,24,31)(H,25,32)(H,26,33)(H,29,30)(H,34,35). The Balaban J connectivity index is 3.02. The van der Waals surface area contributed by atoms with Crippen molar-refractivity contribution < 1.29 is 44.1 Å². The third-order valence-corrected chi connectivity index (χ3v) is 4.73. The molecule has 1 aromatic carbocycles. The molecule has 1 aromatic rings. The van der Waals surface area contributed by atoms with Crippen molar-refractivity contribution in [1.82, 2.24) is 16.0 Å². The van der Waals surface area contributed by atoms with Gasteiger partial charge >= 0.3 is 11.9 Å². The summed E-state index contributed by atoms with van der Waals surface area (Å²) >= 11 is 0. The minimum Gasteiger partial charge on any atom is -0.508 e. The number of nitrogens with two attached hydrogens (primary N) is 2. The second-order valence-corrected chi connectivity index (χ2v) is 7.78. The second kappa shape index (κ2) is 13.5. The number of hydrogen-bond acceptors (Lipinski definition) is 8. The Morgan fingerprint density at radius 3 is 1.86 bits per heavy atom. The number of carbonyl (C=O) groups excluding carboxylic acids is 4. The normalized spacial score (nSPS) is 14.0. The summed E-state index contributed by atoms with van der Waals surface area (Å²) in [5.41, 5.74) is 11.0. The van der Waals surface area contributed by atoms with Crippen LogP contribution in [-0.2, 0) is 35.2 Å². The van der Waals surface area contributed by atoms with Crippen molar-refractivity contribution in [2.24, 2.45) is 11.5 Å². The first-order valence-corrected chi connectivity index (χ1v) is 10.5. The molecule has 4 amide bonds. The van der Waals surface area contributed by atoms with Crippen LogP contribution in [0.15, 0.2) is 24.3 Å². The zero-order valence-corrected chi connectivity index (χ0v) is 18.9. The Bertz CT molecular complexity index is 949. The molecule has 14 nitrogen and oxygen atoms in total. The van der Waals surface area contributed by atoms with Gasteiger partial charge in [-0.25, -0.2) is 4.79 Å². The number of nitrogens with one attached hydrogen (secondary N) is 3. The van der Waals surface area contributed by atoms with Gasteiger partial charge in [0.2, 0.25) is 23.6 Å². The van der Waals surface area contributed by atoms with Gasteiger partial charge in [0.15, 0.2) is 0 Å². The van der Waals surface area contributed by atoms with Crippen LogP contribution < -0.4 is 27.4 Å². The quantitative estimate of drug-likeness (QED) is 0.135. The van der Waals surface area contributed by atoms with Gasteiger partial charge in [-0.2, -0.15) is 0 Å². The summed E-state index contributed by atoms with van der Waals surface area (Å²) in [6.07, 6.45) is -1.64. The molecule has 0 saturated heterocycles. The van der Waals surface area contributed by atoms with E-state index in [4.69, 9.17) is 16.6 Å². The molecule has 0 aliphatic heterocycles. The molecule has 0 spiro atoms. The minimum absolute atomic E-state index is 0.0455. The molecule has 0 saturated carbocycles. The Hall–Kier alpha value is -4.20. The lowest BCUT2D eigenvalue weighted by Crippen LogP contribution is -2.57. The topological polar surface area (TPSA) is 251 Å². The molecule has 1 rings (SSSR count). The number of carboxylic acids is 2. The molecule has 0 bridgehead atoms. The predicted molar refractivity (Wildman–Crippen MR) is 120 cm³/mol. The highest BCUT2D eigenvalue weighted by atomic mass is 16.4. The van der Waals surface area contributed by atoms with E-state index < -0.39 is 66.2 Å². The number of phenols is 1. The lowest BCUT2D eigenvalue weighted by atomic mass is 10.0. The highest BCUT2D eigenvalue weighted by molar-refractivity contribution is 5.95. The van der Waals surface area contributed by atoms with E-state index in [0.29, 0.717) is 5.56 Å². The fraction of sp³-hybridized carbons (Fsp3) is 0.429. The van der Waals surface area contributed by atoms with Crippen LogP contribution in [0.1, 0.15) is 31.7 Å². The van der Waals surface area contributed by atoms with Crippen molar-refractivity contribution in [3.8, 4) is 5.75 Å². The first kappa shape index (κ1) is 28.8. The third kappa shape index (κ3) is 10.5. The smallest absolute Gasteiger partial charge is 0.326 e. The number of primary amides is 1. The van der Waals surface area contributed by atoms with E-state index >= 15 is 0 Å². The van der Waals surface area contributed by atoms with E-state index in [1.807, 2.05) is 0 Å². The number of carboxylic acid groups (broad SMARTS) is 2. The summed E-state index contributed by atoms with van der Waals surface area (Å²) < 4.78 is 0.